The lowest BCUT2D eigenvalue weighted by Crippen LogP contribution is -2.63. The van der Waals surface area contributed by atoms with Crippen molar-refractivity contribution in [3.8, 4) is 0 Å². The van der Waals surface area contributed by atoms with Crippen LogP contribution in [0.2, 0.25) is 0 Å². The minimum Gasteiger partial charge on any atom is -0.452 e. The minimum atomic E-state index is -1.24. The minimum absolute atomic E-state index is 0.169. The molecule has 25 heavy (non-hydrogen) atoms. The van der Waals surface area contributed by atoms with E-state index in [4.69, 9.17) is 4.74 Å². The summed E-state index contributed by atoms with van der Waals surface area (Å²) in [6.45, 7) is 3.22. The number of ketones is 1. The Morgan fingerprint density at radius 3 is 2.48 bits per heavy atom. The molecule has 2 aliphatic heterocycles. The van der Waals surface area contributed by atoms with Gasteiger partial charge in [-0.1, -0.05) is 30.3 Å². The molecule has 0 radical (unpaired) electrons. The Balaban J connectivity index is 2.14. The van der Waals surface area contributed by atoms with Crippen molar-refractivity contribution in [2.75, 3.05) is 7.11 Å². The first kappa shape index (κ1) is 17.2. The normalized spacial score (nSPS) is 27.2. The van der Waals surface area contributed by atoms with Gasteiger partial charge in [0.1, 0.15) is 6.10 Å². The number of benzene rings is 1. The molecule has 1 aromatic rings. The summed E-state index contributed by atoms with van der Waals surface area (Å²) in [5, 5.41) is 10.7. The molecule has 1 saturated heterocycles. The number of hydrogen-bond donors (Lipinski definition) is 1. The van der Waals surface area contributed by atoms with Gasteiger partial charge in [-0.15, -0.1) is 0 Å². The average Bonchev–Trinajstić information content (AvgIpc) is 2.60. The first-order chi connectivity index (χ1) is 11.8. The second kappa shape index (κ2) is 6.00. The van der Waals surface area contributed by atoms with Gasteiger partial charge in [-0.05, 0) is 13.8 Å². The second-order valence-corrected chi connectivity index (χ2v) is 6.64. The highest BCUT2D eigenvalue weighted by molar-refractivity contribution is 6.10. The largest absolute Gasteiger partial charge is 0.452 e. The van der Waals surface area contributed by atoms with E-state index in [2.05, 4.69) is 4.74 Å². The molecule has 1 unspecified atom stereocenters. The van der Waals surface area contributed by atoms with E-state index in [1.807, 2.05) is 0 Å². The summed E-state index contributed by atoms with van der Waals surface area (Å²) in [5.41, 5.74) is -0.546. The average molecular weight is 345 g/mol. The number of esters is 1. The molecule has 2 aliphatic rings. The molecule has 3 rings (SSSR count). The van der Waals surface area contributed by atoms with Gasteiger partial charge in [0.05, 0.1) is 12.5 Å². The molecule has 1 aromatic carbocycles. The molecule has 7 heteroatoms. The van der Waals surface area contributed by atoms with Crippen LogP contribution in [0.1, 0.15) is 24.2 Å². The quantitative estimate of drug-likeness (QED) is 0.648. The fourth-order valence-electron chi connectivity index (χ4n) is 3.37. The maximum atomic E-state index is 13.0. The summed E-state index contributed by atoms with van der Waals surface area (Å²) in [5.74, 6) is -1.75. The number of carbonyl (C=O) groups is 3. The van der Waals surface area contributed by atoms with Gasteiger partial charge < -0.3 is 14.6 Å². The molecule has 2 heterocycles. The first-order valence-corrected chi connectivity index (χ1v) is 7.86. The molecule has 2 bridgehead atoms. The SMILES string of the molecule is COC(=O)N1C=C(C(=O)c2ccccc2)[C@@H]2C(O)[C@H]1OC(=O)C2(C)C. The number of ether oxygens (including phenoxy) is 2. The van der Waals surface area contributed by atoms with Crippen molar-refractivity contribution in [1.29, 1.82) is 0 Å². The Morgan fingerprint density at radius 2 is 1.88 bits per heavy atom. The fourth-order valence-corrected chi connectivity index (χ4v) is 3.37. The van der Waals surface area contributed by atoms with Crippen LogP contribution in [0, 0.1) is 11.3 Å². The highest BCUT2D eigenvalue weighted by atomic mass is 16.6. The molecule has 0 aliphatic carbocycles. The molecule has 1 fully saturated rings. The van der Waals surface area contributed by atoms with Crippen LogP contribution < -0.4 is 0 Å². The smallest absolute Gasteiger partial charge is 0.416 e. The maximum absolute atomic E-state index is 13.0. The number of amides is 1. The molecule has 7 nitrogen and oxygen atoms in total. The lowest BCUT2D eigenvalue weighted by atomic mass is 9.67. The van der Waals surface area contributed by atoms with E-state index < -0.39 is 35.7 Å². The third-order valence-corrected chi connectivity index (χ3v) is 4.74. The van der Waals surface area contributed by atoms with E-state index in [9.17, 15) is 19.5 Å². The molecule has 1 amide bonds. The summed E-state index contributed by atoms with van der Waals surface area (Å²) in [4.78, 5) is 38.4. The number of aliphatic hydroxyl groups is 1. The van der Waals surface area contributed by atoms with Crippen molar-refractivity contribution in [2.24, 2.45) is 11.3 Å². The van der Waals surface area contributed by atoms with Crippen LogP contribution in [0.3, 0.4) is 0 Å². The van der Waals surface area contributed by atoms with Crippen LogP contribution in [0.15, 0.2) is 42.1 Å². The van der Waals surface area contributed by atoms with Gasteiger partial charge in [-0.25, -0.2) is 9.69 Å². The molecule has 1 N–H and O–H groups in total. The lowest BCUT2D eigenvalue weighted by Gasteiger charge is -2.49. The summed E-state index contributed by atoms with van der Waals surface area (Å²) >= 11 is 0. The highest BCUT2D eigenvalue weighted by Gasteiger charge is 2.58. The number of methoxy groups -OCH3 is 1. The Kier molecular flexibility index (Phi) is 4.12. The van der Waals surface area contributed by atoms with Crippen LogP contribution >= 0.6 is 0 Å². The number of nitrogens with zero attached hydrogens (tertiary/aromatic N) is 1. The van der Waals surface area contributed by atoms with E-state index in [1.165, 1.54) is 13.3 Å². The standard InChI is InChI=1S/C18H19NO6/c1-18(2)12-11(13(20)10-7-5-4-6-8-10)9-19(17(23)24-3)15(14(12)21)25-16(18)22/h4-9,12,14-15,21H,1-3H3/t12-,14?,15-/m1/s1. The summed E-state index contributed by atoms with van der Waals surface area (Å²) < 4.78 is 9.91. The van der Waals surface area contributed by atoms with E-state index in [0.717, 1.165) is 4.90 Å². The number of fused-ring (bicyclic) bond motifs is 2. The zero-order valence-electron chi connectivity index (χ0n) is 14.1. The van der Waals surface area contributed by atoms with Gasteiger partial charge in [0, 0.05) is 23.3 Å². The predicted molar refractivity (Wildman–Crippen MR) is 86.3 cm³/mol. The van der Waals surface area contributed by atoms with Gasteiger partial charge in [-0.2, -0.15) is 0 Å². The monoisotopic (exact) mass is 345 g/mol. The Hall–Kier alpha value is -2.67. The second-order valence-electron chi connectivity index (χ2n) is 6.64. The highest BCUT2D eigenvalue weighted by Crippen LogP contribution is 2.46. The third-order valence-electron chi connectivity index (χ3n) is 4.74. The maximum Gasteiger partial charge on any atom is 0.416 e. The Bertz CT molecular complexity index is 754. The van der Waals surface area contributed by atoms with Crippen molar-refractivity contribution in [1.82, 2.24) is 4.90 Å². The number of carbonyl (C=O) groups excluding carboxylic acids is 3. The van der Waals surface area contributed by atoms with Crippen molar-refractivity contribution < 1.29 is 29.0 Å². The van der Waals surface area contributed by atoms with Crippen LogP contribution in [0.5, 0.6) is 0 Å². The molecule has 3 atom stereocenters. The van der Waals surface area contributed by atoms with Gasteiger partial charge >= 0.3 is 12.1 Å². The van der Waals surface area contributed by atoms with Crippen molar-refractivity contribution in [2.45, 2.75) is 26.2 Å². The van der Waals surface area contributed by atoms with Crippen LogP contribution in [-0.4, -0.2) is 47.3 Å². The Labute approximate surface area is 144 Å². The van der Waals surface area contributed by atoms with Crippen molar-refractivity contribution in [3.63, 3.8) is 0 Å². The van der Waals surface area contributed by atoms with E-state index in [0.29, 0.717) is 5.56 Å². The third kappa shape index (κ3) is 2.60. The zero-order valence-corrected chi connectivity index (χ0v) is 14.1. The van der Waals surface area contributed by atoms with E-state index in [-0.39, 0.29) is 11.4 Å². The molecule has 132 valence electrons. The topological polar surface area (TPSA) is 93.1 Å². The van der Waals surface area contributed by atoms with Crippen molar-refractivity contribution >= 4 is 17.8 Å². The van der Waals surface area contributed by atoms with Crippen LogP contribution in [-0.2, 0) is 14.3 Å². The molecule has 0 aromatic heterocycles. The number of aliphatic hydroxyl groups excluding tert-OH is 1. The molecule has 0 spiro atoms. The molecule has 0 saturated carbocycles. The summed E-state index contributed by atoms with van der Waals surface area (Å²) in [6, 6.07) is 8.48. The van der Waals surface area contributed by atoms with Gasteiger partial charge in [0.25, 0.3) is 0 Å². The molecular formula is C18H19NO6. The predicted octanol–water partition coefficient (Wildman–Crippen LogP) is 1.72. The molecular weight excluding hydrogens is 326 g/mol. The lowest BCUT2D eigenvalue weighted by molar-refractivity contribution is -0.208. The van der Waals surface area contributed by atoms with E-state index in [1.54, 1.807) is 44.2 Å². The van der Waals surface area contributed by atoms with Gasteiger partial charge in [0.15, 0.2) is 5.78 Å². The van der Waals surface area contributed by atoms with Gasteiger partial charge in [-0.3, -0.25) is 9.59 Å². The number of hydrogen-bond acceptors (Lipinski definition) is 6. The Morgan fingerprint density at radius 1 is 1.24 bits per heavy atom. The zero-order chi connectivity index (χ0) is 18.4. The number of Topliss-reactive ketones (excluding diaryl/α,β-unsaturated/α-hetero) is 1. The van der Waals surface area contributed by atoms with Crippen LogP contribution in [0.25, 0.3) is 0 Å². The van der Waals surface area contributed by atoms with Crippen LogP contribution in [0.4, 0.5) is 4.79 Å². The number of rotatable bonds is 2. The summed E-state index contributed by atoms with van der Waals surface area (Å²) in [6.07, 6.45) is -1.96. The van der Waals surface area contributed by atoms with Crippen molar-refractivity contribution in [3.05, 3.63) is 47.7 Å². The summed E-state index contributed by atoms with van der Waals surface area (Å²) in [7, 11) is 1.17. The first-order valence-electron chi connectivity index (χ1n) is 7.86. The fraction of sp³-hybridized carbons (Fsp3) is 0.389. The van der Waals surface area contributed by atoms with Gasteiger partial charge in [0.2, 0.25) is 6.23 Å². The van der Waals surface area contributed by atoms with E-state index >= 15 is 0 Å².